The monoisotopic (exact) mass is 200 g/mol. The lowest BCUT2D eigenvalue weighted by Gasteiger charge is -2.17. The van der Waals surface area contributed by atoms with Crippen molar-refractivity contribution in [2.45, 2.75) is 36.9 Å². The van der Waals surface area contributed by atoms with Crippen molar-refractivity contribution in [3.05, 3.63) is 0 Å². The summed E-state index contributed by atoms with van der Waals surface area (Å²) in [5.74, 6) is -0.104. The average molecular weight is 200 g/mol. The molecule has 1 aliphatic heterocycles. The second kappa shape index (κ2) is 3.49. The second-order valence-corrected chi connectivity index (χ2v) is 4.28. The van der Waals surface area contributed by atoms with Crippen molar-refractivity contribution < 1.29 is 15.0 Å². The van der Waals surface area contributed by atoms with Crippen LogP contribution in [-0.2, 0) is 4.79 Å². The van der Waals surface area contributed by atoms with Crippen LogP contribution in [-0.4, -0.2) is 47.0 Å². The Morgan fingerprint density at radius 3 is 2.71 bits per heavy atom. The van der Waals surface area contributed by atoms with Crippen molar-refractivity contribution in [3.63, 3.8) is 0 Å². The highest BCUT2D eigenvalue weighted by atomic mass is 16.3. The van der Waals surface area contributed by atoms with E-state index in [0.717, 1.165) is 12.8 Å². The van der Waals surface area contributed by atoms with Crippen LogP contribution in [0.25, 0.3) is 0 Å². The number of carbonyl (C=O) groups is 1. The number of amides is 1. The SMILES string of the molecule is O=C(NC1(CO)CC1)C1CC(O)CN1. The second-order valence-electron chi connectivity index (χ2n) is 4.28. The molecule has 0 aromatic carbocycles. The van der Waals surface area contributed by atoms with Gasteiger partial charge in [0.15, 0.2) is 0 Å². The third-order valence-corrected chi connectivity index (χ3v) is 2.97. The minimum Gasteiger partial charge on any atom is -0.394 e. The molecule has 2 rings (SSSR count). The molecule has 0 aromatic heterocycles. The topological polar surface area (TPSA) is 81.6 Å². The number of aliphatic hydroxyl groups excluding tert-OH is 2. The summed E-state index contributed by atoms with van der Waals surface area (Å²) >= 11 is 0. The van der Waals surface area contributed by atoms with E-state index < -0.39 is 6.10 Å². The molecule has 5 nitrogen and oxygen atoms in total. The van der Waals surface area contributed by atoms with E-state index in [0.29, 0.717) is 13.0 Å². The molecule has 80 valence electrons. The lowest BCUT2D eigenvalue weighted by atomic mass is 10.1. The Kier molecular flexibility index (Phi) is 2.47. The van der Waals surface area contributed by atoms with Gasteiger partial charge in [0.25, 0.3) is 0 Å². The number of hydrogen-bond acceptors (Lipinski definition) is 4. The summed E-state index contributed by atoms with van der Waals surface area (Å²) in [5, 5.41) is 24.0. The number of β-amino-alcohol motifs (C(OH)–C–C–N with tert-alkyl or cyclic N) is 1. The molecule has 4 N–H and O–H groups in total. The van der Waals surface area contributed by atoms with E-state index in [-0.39, 0.29) is 24.1 Å². The lowest BCUT2D eigenvalue weighted by molar-refractivity contribution is -0.124. The molecular weight excluding hydrogens is 184 g/mol. The molecule has 5 heteroatoms. The first kappa shape index (κ1) is 9.89. The van der Waals surface area contributed by atoms with Gasteiger partial charge < -0.3 is 20.8 Å². The third-order valence-electron chi connectivity index (χ3n) is 2.97. The summed E-state index contributed by atoms with van der Waals surface area (Å²) in [6.07, 6.45) is 1.75. The van der Waals surface area contributed by atoms with E-state index in [2.05, 4.69) is 10.6 Å². The molecule has 0 aromatic rings. The molecule has 0 bridgehead atoms. The predicted octanol–water partition coefficient (Wildman–Crippen LogP) is -1.65. The number of rotatable bonds is 3. The van der Waals surface area contributed by atoms with Crippen LogP contribution in [0.4, 0.5) is 0 Å². The normalized spacial score (nSPS) is 34.1. The zero-order valence-electron chi connectivity index (χ0n) is 7.99. The van der Waals surface area contributed by atoms with Crippen LogP contribution in [0.15, 0.2) is 0 Å². The number of carbonyl (C=O) groups excluding carboxylic acids is 1. The largest absolute Gasteiger partial charge is 0.394 e. The molecule has 2 unspecified atom stereocenters. The Bertz CT molecular complexity index is 240. The molecule has 0 spiro atoms. The first-order valence-electron chi connectivity index (χ1n) is 4.99. The predicted molar refractivity (Wildman–Crippen MR) is 49.6 cm³/mol. The lowest BCUT2D eigenvalue weighted by Crippen LogP contribution is -2.47. The standard InChI is InChI=1S/C9H16N2O3/c12-5-9(1-2-9)11-8(14)7-3-6(13)4-10-7/h6-7,10,12-13H,1-5H2,(H,11,14). The van der Waals surface area contributed by atoms with E-state index in [1.165, 1.54) is 0 Å². The smallest absolute Gasteiger partial charge is 0.237 e. The summed E-state index contributed by atoms with van der Waals surface area (Å²) in [7, 11) is 0. The van der Waals surface area contributed by atoms with Gasteiger partial charge in [0, 0.05) is 6.54 Å². The minimum absolute atomic E-state index is 0.00795. The van der Waals surface area contributed by atoms with Gasteiger partial charge in [0.2, 0.25) is 5.91 Å². The quantitative estimate of drug-likeness (QED) is 0.440. The molecule has 2 fully saturated rings. The van der Waals surface area contributed by atoms with Gasteiger partial charge in [0.1, 0.15) is 0 Å². The van der Waals surface area contributed by atoms with Crippen LogP contribution in [0.3, 0.4) is 0 Å². The highest BCUT2D eigenvalue weighted by Crippen LogP contribution is 2.34. The Labute approximate surface area is 82.5 Å². The Balaban J connectivity index is 1.84. The maximum Gasteiger partial charge on any atom is 0.237 e. The van der Waals surface area contributed by atoms with Crippen LogP contribution in [0, 0.1) is 0 Å². The van der Waals surface area contributed by atoms with Gasteiger partial charge in [-0.05, 0) is 19.3 Å². The molecule has 2 atom stereocenters. The molecule has 1 heterocycles. The fourth-order valence-corrected chi connectivity index (χ4v) is 1.74. The van der Waals surface area contributed by atoms with Crippen LogP contribution >= 0.6 is 0 Å². The highest BCUT2D eigenvalue weighted by Gasteiger charge is 2.45. The van der Waals surface area contributed by atoms with Crippen molar-refractivity contribution in [1.29, 1.82) is 0 Å². The van der Waals surface area contributed by atoms with Crippen LogP contribution < -0.4 is 10.6 Å². The molecule has 14 heavy (non-hydrogen) atoms. The first-order chi connectivity index (χ1) is 6.65. The van der Waals surface area contributed by atoms with Crippen LogP contribution in [0.1, 0.15) is 19.3 Å². The number of aliphatic hydroxyl groups is 2. The fraction of sp³-hybridized carbons (Fsp3) is 0.889. The summed E-state index contributed by atoms with van der Waals surface area (Å²) in [6, 6.07) is -0.297. The van der Waals surface area contributed by atoms with Crippen LogP contribution in [0.2, 0.25) is 0 Å². The molecule has 1 saturated carbocycles. The summed E-state index contributed by atoms with van der Waals surface area (Å²) in [5.41, 5.74) is -0.355. The van der Waals surface area contributed by atoms with E-state index in [4.69, 9.17) is 5.11 Å². The summed E-state index contributed by atoms with van der Waals surface area (Å²) in [4.78, 5) is 11.6. The molecular formula is C9H16N2O3. The van der Waals surface area contributed by atoms with E-state index >= 15 is 0 Å². The Hall–Kier alpha value is -0.650. The summed E-state index contributed by atoms with van der Waals surface area (Å²) < 4.78 is 0. The van der Waals surface area contributed by atoms with Gasteiger partial charge in [-0.2, -0.15) is 0 Å². The maximum atomic E-state index is 11.6. The van der Waals surface area contributed by atoms with E-state index in [9.17, 15) is 9.90 Å². The average Bonchev–Trinajstić information content (AvgIpc) is 2.80. The number of nitrogens with one attached hydrogen (secondary N) is 2. The molecule has 1 saturated heterocycles. The Morgan fingerprint density at radius 1 is 1.57 bits per heavy atom. The summed E-state index contributed by atoms with van der Waals surface area (Å²) in [6.45, 7) is 0.484. The van der Waals surface area contributed by atoms with Gasteiger partial charge in [0.05, 0.1) is 24.3 Å². The minimum atomic E-state index is -0.421. The fourth-order valence-electron chi connectivity index (χ4n) is 1.74. The molecule has 0 radical (unpaired) electrons. The van der Waals surface area contributed by atoms with Gasteiger partial charge in [-0.25, -0.2) is 0 Å². The third kappa shape index (κ3) is 1.89. The zero-order chi connectivity index (χ0) is 10.2. The van der Waals surface area contributed by atoms with Gasteiger partial charge in [-0.3, -0.25) is 4.79 Å². The van der Waals surface area contributed by atoms with Crippen molar-refractivity contribution in [2.75, 3.05) is 13.2 Å². The maximum absolute atomic E-state index is 11.6. The van der Waals surface area contributed by atoms with E-state index in [1.54, 1.807) is 0 Å². The Morgan fingerprint density at radius 2 is 2.29 bits per heavy atom. The van der Waals surface area contributed by atoms with Crippen molar-refractivity contribution in [3.8, 4) is 0 Å². The van der Waals surface area contributed by atoms with Crippen molar-refractivity contribution in [2.24, 2.45) is 0 Å². The van der Waals surface area contributed by atoms with Gasteiger partial charge in [-0.1, -0.05) is 0 Å². The van der Waals surface area contributed by atoms with Gasteiger partial charge in [-0.15, -0.1) is 0 Å². The molecule has 1 aliphatic carbocycles. The number of hydrogen-bond donors (Lipinski definition) is 4. The molecule has 1 amide bonds. The van der Waals surface area contributed by atoms with Gasteiger partial charge >= 0.3 is 0 Å². The molecule has 2 aliphatic rings. The zero-order valence-corrected chi connectivity index (χ0v) is 7.99. The van der Waals surface area contributed by atoms with Crippen molar-refractivity contribution in [1.82, 2.24) is 10.6 Å². The van der Waals surface area contributed by atoms with Crippen molar-refractivity contribution >= 4 is 5.91 Å². The van der Waals surface area contributed by atoms with E-state index in [1.807, 2.05) is 0 Å². The first-order valence-corrected chi connectivity index (χ1v) is 4.99. The highest BCUT2D eigenvalue weighted by molar-refractivity contribution is 5.83. The van der Waals surface area contributed by atoms with Crippen LogP contribution in [0.5, 0.6) is 0 Å².